The summed E-state index contributed by atoms with van der Waals surface area (Å²) >= 11 is 0. The minimum Gasteiger partial charge on any atom is -0.436 e. The van der Waals surface area contributed by atoms with E-state index in [1.54, 1.807) is 0 Å². The van der Waals surface area contributed by atoms with Crippen LogP contribution in [-0.4, -0.2) is 4.98 Å². The highest BCUT2D eigenvalue weighted by atomic mass is 16.3. The number of para-hydroxylation sites is 1. The van der Waals surface area contributed by atoms with Crippen LogP contribution >= 0.6 is 0 Å². The lowest BCUT2D eigenvalue weighted by molar-refractivity contribution is 0.589. The molecule has 3 rings (SSSR count). The number of anilines is 1. The molecule has 1 heterocycles. The van der Waals surface area contributed by atoms with Crippen molar-refractivity contribution < 1.29 is 4.42 Å². The fraction of sp³-hybridized carbons (Fsp3) is 0.235. The number of nitrogens with two attached hydrogens (primary N) is 1. The number of hydrogen-bond donors (Lipinski definition) is 1. The zero-order valence-corrected chi connectivity index (χ0v) is 12.0. The molecular formula is C17H18N2O. The fourth-order valence-electron chi connectivity index (χ4n) is 2.21. The van der Waals surface area contributed by atoms with E-state index in [1.807, 2.05) is 30.3 Å². The maximum atomic E-state index is 5.91. The Kier molecular flexibility index (Phi) is 2.78. The third-order valence-corrected chi connectivity index (χ3v) is 3.45. The molecule has 0 radical (unpaired) electrons. The molecule has 0 saturated carbocycles. The maximum Gasteiger partial charge on any atom is 0.227 e. The monoisotopic (exact) mass is 266 g/mol. The average Bonchev–Trinajstić information content (AvgIpc) is 2.83. The molecule has 2 N–H and O–H groups in total. The van der Waals surface area contributed by atoms with Crippen molar-refractivity contribution in [2.24, 2.45) is 0 Å². The second-order valence-electron chi connectivity index (χ2n) is 6.04. The Morgan fingerprint density at radius 2 is 1.70 bits per heavy atom. The summed E-state index contributed by atoms with van der Waals surface area (Å²) in [5.74, 6) is 0.610. The summed E-state index contributed by atoms with van der Waals surface area (Å²) in [6.07, 6.45) is 0. The standard InChI is InChI=1S/C17H18N2O/c1-17(2,3)12-9-7-11(8-10-12)16-19-15-13(18)5-4-6-14(15)20-16/h4-10H,18H2,1-3H3. The number of nitrogen functional groups attached to an aromatic ring is 1. The van der Waals surface area contributed by atoms with Gasteiger partial charge in [0.15, 0.2) is 5.58 Å². The molecule has 0 atom stereocenters. The number of hydrogen-bond acceptors (Lipinski definition) is 3. The van der Waals surface area contributed by atoms with Crippen molar-refractivity contribution in [1.29, 1.82) is 0 Å². The Bertz CT molecular complexity index is 749. The second kappa shape index (κ2) is 4.37. The van der Waals surface area contributed by atoms with Crippen molar-refractivity contribution >= 4 is 16.8 Å². The SMILES string of the molecule is CC(C)(C)c1ccc(-c2nc3c(N)cccc3o2)cc1. The predicted molar refractivity (Wildman–Crippen MR) is 82.6 cm³/mol. The molecule has 0 fully saturated rings. The van der Waals surface area contributed by atoms with Gasteiger partial charge in [0, 0.05) is 5.56 Å². The van der Waals surface area contributed by atoms with Crippen LogP contribution in [-0.2, 0) is 5.41 Å². The summed E-state index contributed by atoms with van der Waals surface area (Å²) in [6.45, 7) is 6.59. The van der Waals surface area contributed by atoms with Gasteiger partial charge in [-0.1, -0.05) is 39.0 Å². The number of oxazole rings is 1. The van der Waals surface area contributed by atoms with Crippen LogP contribution in [0, 0.1) is 0 Å². The smallest absolute Gasteiger partial charge is 0.227 e. The first-order chi connectivity index (χ1) is 9.45. The maximum absolute atomic E-state index is 5.91. The Hall–Kier alpha value is -2.29. The summed E-state index contributed by atoms with van der Waals surface area (Å²) in [7, 11) is 0. The van der Waals surface area contributed by atoms with Gasteiger partial charge < -0.3 is 10.2 Å². The highest BCUT2D eigenvalue weighted by molar-refractivity contribution is 5.87. The molecule has 0 aliphatic rings. The molecule has 0 bridgehead atoms. The topological polar surface area (TPSA) is 52.0 Å². The summed E-state index contributed by atoms with van der Waals surface area (Å²) < 4.78 is 5.77. The van der Waals surface area contributed by atoms with Crippen LogP contribution in [0.1, 0.15) is 26.3 Å². The van der Waals surface area contributed by atoms with Crippen LogP contribution in [0.15, 0.2) is 46.9 Å². The van der Waals surface area contributed by atoms with Crippen molar-refractivity contribution in [3.63, 3.8) is 0 Å². The van der Waals surface area contributed by atoms with Crippen LogP contribution < -0.4 is 5.73 Å². The molecule has 3 nitrogen and oxygen atoms in total. The van der Waals surface area contributed by atoms with Gasteiger partial charge in [0.05, 0.1) is 5.69 Å². The number of rotatable bonds is 1. The van der Waals surface area contributed by atoms with Gasteiger partial charge >= 0.3 is 0 Å². The van der Waals surface area contributed by atoms with Gasteiger partial charge in [-0.05, 0) is 35.2 Å². The zero-order chi connectivity index (χ0) is 14.3. The first kappa shape index (κ1) is 12.7. The lowest BCUT2D eigenvalue weighted by atomic mass is 9.87. The fourth-order valence-corrected chi connectivity index (χ4v) is 2.21. The molecule has 0 unspecified atom stereocenters. The Morgan fingerprint density at radius 3 is 2.30 bits per heavy atom. The largest absolute Gasteiger partial charge is 0.436 e. The number of nitrogens with zero attached hydrogens (tertiary/aromatic N) is 1. The van der Waals surface area contributed by atoms with Crippen molar-refractivity contribution in [3.8, 4) is 11.5 Å². The van der Waals surface area contributed by atoms with Crippen LogP contribution in [0.25, 0.3) is 22.6 Å². The van der Waals surface area contributed by atoms with Crippen molar-refractivity contribution in [1.82, 2.24) is 4.98 Å². The first-order valence-electron chi connectivity index (χ1n) is 6.71. The van der Waals surface area contributed by atoms with E-state index in [0.717, 1.165) is 16.7 Å². The quantitative estimate of drug-likeness (QED) is 0.665. The molecule has 3 aromatic rings. The van der Waals surface area contributed by atoms with Gasteiger partial charge in [0.2, 0.25) is 5.89 Å². The minimum atomic E-state index is 0.143. The highest BCUT2D eigenvalue weighted by Crippen LogP contribution is 2.29. The van der Waals surface area contributed by atoms with Gasteiger partial charge in [-0.15, -0.1) is 0 Å². The van der Waals surface area contributed by atoms with Crippen molar-refractivity contribution in [2.45, 2.75) is 26.2 Å². The molecule has 0 aliphatic heterocycles. The van der Waals surface area contributed by atoms with Crippen LogP contribution in [0.4, 0.5) is 5.69 Å². The van der Waals surface area contributed by atoms with E-state index in [2.05, 4.69) is 37.9 Å². The third-order valence-electron chi connectivity index (χ3n) is 3.45. The van der Waals surface area contributed by atoms with E-state index in [4.69, 9.17) is 10.2 Å². The summed E-state index contributed by atoms with van der Waals surface area (Å²) in [6, 6.07) is 13.9. The number of benzene rings is 2. The normalized spacial score (nSPS) is 11.9. The Balaban J connectivity index is 2.05. The summed E-state index contributed by atoms with van der Waals surface area (Å²) in [4.78, 5) is 4.48. The second-order valence-corrected chi connectivity index (χ2v) is 6.04. The van der Waals surface area contributed by atoms with Crippen LogP contribution in [0.2, 0.25) is 0 Å². The molecule has 3 heteroatoms. The van der Waals surface area contributed by atoms with E-state index in [0.29, 0.717) is 11.6 Å². The molecule has 20 heavy (non-hydrogen) atoms. The molecule has 0 amide bonds. The third kappa shape index (κ3) is 2.16. The minimum absolute atomic E-state index is 0.143. The van der Waals surface area contributed by atoms with Gasteiger partial charge in [-0.25, -0.2) is 4.98 Å². The summed E-state index contributed by atoms with van der Waals surface area (Å²) in [5, 5.41) is 0. The lowest BCUT2D eigenvalue weighted by Gasteiger charge is -2.18. The Labute approximate surface area is 118 Å². The average molecular weight is 266 g/mol. The Morgan fingerprint density at radius 1 is 1.00 bits per heavy atom. The van der Waals surface area contributed by atoms with E-state index in [1.165, 1.54) is 5.56 Å². The zero-order valence-electron chi connectivity index (χ0n) is 12.0. The van der Waals surface area contributed by atoms with E-state index in [9.17, 15) is 0 Å². The van der Waals surface area contributed by atoms with E-state index >= 15 is 0 Å². The van der Waals surface area contributed by atoms with Gasteiger partial charge in [0.1, 0.15) is 5.52 Å². The molecule has 0 aliphatic carbocycles. The molecule has 0 saturated heterocycles. The van der Waals surface area contributed by atoms with E-state index in [-0.39, 0.29) is 5.41 Å². The number of fused-ring (bicyclic) bond motifs is 1. The molecule has 1 aromatic heterocycles. The van der Waals surface area contributed by atoms with Gasteiger partial charge in [0.25, 0.3) is 0 Å². The summed E-state index contributed by atoms with van der Waals surface area (Å²) in [5.41, 5.74) is 10.4. The van der Waals surface area contributed by atoms with Crippen molar-refractivity contribution in [2.75, 3.05) is 5.73 Å². The van der Waals surface area contributed by atoms with Gasteiger partial charge in [-0.2, -0.15) is 0 Å². The molecule has 0 spiro atoms. The van der Waals surface area contributed by atoms with Crippen LogP contribution in [0.3, 0.4) is 0 Å². The molecular weight excluding hydrogens is 248 g/mol. The highest BCUT2D eigenvalue weighted by Gasteiger charge is 2.15. The lowest BCUT2D eigenvalue weighted by Crippen LogP contribution is -2.10. The van der Waals surface area contributed by atoms with Gasteiger partial charge in [-0.3, -0.25) is 0 Å². The molecule has 102 valence electrons. The van der Waals surface area contributed by atoms with E-state index < -0.39 is 0 Å². The first-order valence-corrected chi connectivity index (χ1v) is 6.71. The predicted octanol–water partition coefficient (Wildman–Crippen LogP) is 4.37. The number of aromatic nitrogens is 1. The molecule has 2 aromatic carbocycles. The van der Waals surface area contributed by atoms with Crippen molar-refractivity contribution in [3.05, 3.63) is 48.0 Å². The van der Waals surface area contributed by atoms with Crippen LogP contribution in [0.5, 0.6) is 0 Å².